The molecule has 0 amide bonds. The van der Waals surface area contributed by atoms with Gasteiger partial charge in [-0.2, -0.15) is 0 Å². The van der Waals surface area contributed by atoms with Gasteiger partial charge in [-0.3, -0.25) is 4.79 Å². The highest BCUT2D eigenvalue weighted by Crippen LogP contribution is 2.34. The molecule has 31 heavy (non-hydrogen) atoms. The first-order chi connectivity index (χ1) is 14.8. The quantitative estimate of drug-likeness (QED) is 0.390. The lowest BCUT2D eigenvalue weighted by molar-refractivity contribution is 0.0523. The zero-order valence-electron chi connectivity index (χ0n) is 15.9. The van der Waals surface area contributed by atoms with Gasteiger partial charge in [-0.05, 0) is 31.2 Å². The molecule has 0 aliphatic carbocycles. The van der Waals surface area contributed by atoms with E-state index in [2.05, 4.69) is 9.97 Å². The molecule has 2 heterocycles. The minimum absolute atomic E-state index is 0.00568. The second kappa shape index (κ2) is 7.71. The van der Waals surface area contributed by atoms with E-state index < -0.39 is 40.4 Å². The fourth-order valence-corrected chi connectivity index (χ4v) is 3.19. The number of nitrogens with one attached hydrogen (secondary N) is 1. The van der Waals surface area contributed by atoms with Crippen LogP contribution in [0.1, 0.15) is 17.3 Å². The molecular formula is C21H13F4N3O3. The normalized spacial score (nSPS) is 11.1. The van der Waals surface area contributed by atoms with Crippen molar-refractivity contribution in [3.63, 3.8) is 0 Å². The minimum atomic E-state index is -1.05. The Morgan fingerprint density at radius 2 is 1.65 bits per heavy atom. The molecule has 0 saturated carbocycles. The van der Waals surface area contributed by atoms with E-state index in [1.807, 2.05) is 0 Å². The Balaban J connectivity index is 2.12. The number of rotatable bonds is 4. The number of ether oxygens (including phenoxy) is 1. The number of fused-ring (bicyclic) bond motifs is 1. The number of aromatic amines is 1. The number of hydrogen-bond donors (Lipinski definition) is 1. The van der Waals surface area contributed by atoms with E-state index in [0.717, 1.165) is 34.9 Å². The smallest absolute Gasteiger partial charge is 0.345 e. The van der Waals surface area contributed by atoms with Gasteiger partial charge in [-0.1, -0.05) is 0 Å². The maximum Gasteiger partial charge on any atom is 0.345 e. The maximum absolute atomic E-state index is 14.7. The van der Waals surface area contributed by atoms with Crippen molar-refractivity contribution in [2.75, 3.05) is 6.61 Å². The number of imidazole rings is 1. The Labute approximate surface area is 171 Å². The van der Waals surface area contributed by atoms with Gasteiger partial charge in [0, 0.05) is 29.5 Å². The number of carbonyl (C=O) groups is 1. The molecule has 4 rings (SSSR count). The topological polar surface area (TPSA) is 76.5 Å². The van der Waals surface area contributed by atoms with Crippen molar-refractivity contribution in [2.45, 2.75) is 6.92 Å². The Bertz CT molecular complexity index is 1390. The monoisotopic (exact) mass is 431 g/mol. The van der Waals surface area contributed by atoms with Crippen molar-refractivity contribution in [1.29, 1.82) is 0 Å². The van der Waals surface area contributed by atoms with Crippen molar-refractivity contribution in [3.05, 3.63) is 81.8 Å². The van der Waals surface area contributed by atoms with Crippen LogP contribution in [0.3, 0.4) is 0 Å². The zero-order valence-corrected chi connectivity index (χ0v) is 15.9. The van der Waals surface area contributed by atoms with E-state index in [1.54, 1.807) is 6.92 Å². The molecule has 0 fully saturated rings. The molecule has 158 valence electrons. The minimum Gasteiger partial charge on any atom is -0.462 e. The number of nitrogens with zero attached hydrogens (tertiary/aromatic N) is 2. The van der Waals surface area contributed by atoms with Crippen molar-refractivity contribution in [1.82, 2.24) is 14.4 Å². The third kappa shape index (κ3) is 3.45. The molecule has 0 saturated heterocycles. The van der Waals surface area contributed by atoms with E-state index in [1.165, 1.54) is 0 Å². The van der Waals surface area contributed by atoms with Gasteiger partial charge in [0.05, 0.1) is 12.3 Å². The number of carbonyl (C=O) groups excluding carboxylic acids is 1. The van der Waals surface area contributed by atoms with Crippen molar-refractivity contribution in [2.24, 2.45) is 0 Å². The first-order valence-corrected chi connectivity index (χ1v) is 9.04. The molecule has 6 nitrogen and oxygen atoms in total. The van der Waals surface area contributed by atoms with Gasteiger partial charge in [0.15, 0.2) is 0 Å². The second-order valence-corrected chi connectivity index (χ2v) is 6.44. The Morgan fingerprint density at radius 1 is 1.03 bits per heavy atom. The average Bonchev–Trinajstić information content (AvgIpc) is 3.08. The highest BCUT2D eigenvalue weighted by Gasteiger charge is 2.25. The summed E-state index contributed by atoms with van der Waals surface area (Å²) in [5, 5.41) is 0. The molecule has 1 N–H and O–H groups in total. The summed E-state index contributed by atoms with van der Waals surface area (Å²) < 4.78 is 61.8. The third-order valence-corrected chi connectivity index (χ3v) is 4.52. The van der Waals surface area contributed by atoms with Crippen LogP contribution in [0.4, 0.5) is 17.6 Å². The lowest BCUT2D eigenvalue weighted by Crippen LogP contribution is -2.24. The highest BCUT2D eigenvalue weighted by molar-refractivity contribution is 5.89. The molecule has 0 spiro atoms. The van der Waals surface area contributed by atoms with Gasteiger partial charge in [0.1, 0.15) is 34.5 Å². The first kappa shape index (κ1) is 20.3. The Kier molecular flexibility index (Phi) is 5.05. The SMILES string of the molecule is CCOC(=O)c1c[nH]c2nc(-c3ccc(F)cc3F)c(-c3ccc(F)cc3F)n2c1=O. The van der Waals surface area contributed by atoms with Crippen LogP contribution in [0.15, 0.2) is 47.4 Å². The summed E-state index contributed by atoms with van der Waals surface area (Å²) in [5.74, 6) is -4.85. The highest BCUT2D eigenvalue weighted by atomic mass is 19.1. The zero-order chi connectivity index (χ0) is 22.3. The summed E-state index contributed by atoms with van der Waals surface area (Å²) in [6.45, 7) is 1.56. The lowest BCUT2D eigenvalue weighted by Gasteiger charge is -2.08. The van der Waals surface area contributed by atoms with Crippen LogP contribution in [0.25, 0.3) is 28.3 Å². The van der Waals surface area contributed by atoms with E-state index >= 15 is 0 Å². The summed E-state index contributed by atoms with van der Waals surface area (Å²) in [5.41, 5.74) is -2.27. The molecule has 2 aromatic heterocycles. The second-order valence-electron chi connectivity index (χ2n) is 6.44. The average molecular weight is 431 g/mol. The Morgan fingerprint density at radius 3 is 2.23 bits per heavy atom. The van der Waals surface area contributed by atoms with Crippen LogP contribution in [0, 0.1) is 23.3 Å². The van der Waals surface area contributed by atoms with Crippen LogP contribution < -0.4 is 5.56 Å². The number of hydrogen-bond acceptors (Lipinski definition) is 4. The van der Waals surface area contributed by atoms with Crippen LogP contribution in [0.2, 0.25) is 0 Å². The van der Waals surface area contributed by atoms with Gasteiger partial charge in [-0.15, -0.1) is 0 Å². The fourth-order valence-electron chi connectivity index (χ4n) is 3.19. The maximum atomic E-state index is 14.7. The molecule has 0 unspecified atom stereocenters. The van der Waals surface area contributed by atoms with Crippen molar-refractivity contribution >= 4 is 11.7 Å². The third-order valence-electron chi connectivity index (χ3n) is 4.52. The van der Waals surface area contributed by atoms with E-state index in [0.29, 0.717) is 12.1 Å². The summed E-state index contributed by atoms with van der Waals surface area (Å²) in [4.78, 5) is 32.0. The number of halogens is 4. The Hall–Kier alpha value is -3.95. The summed E-state index contributed by atoms with van der Waals surface area (Å²) in [6.07, 6.45) is 1.07. The van der Waals surface area contributed by atoms with Gasteiger partial charge in [-0.25, -0.2) is 31.7 Å². The van der Waals surface area contributed by atoms with E-state index in [9.17, 15) is 27.2 Å². The van der Waals surface area contributed by atoms with Crippen LogP contribution in [-0.4, -0.2) is 26.9 Å². The predicted molar refractivity (Wildman–Crippen MR) is 102 cm³/mol. The number of benzene rings is 2. The molecular weight excluding hydrogens is 418 g/mol. The van der Waals surface area contributed by atoms with E-state index in [-0.39, 0.29) is 34.9 Å². The number of aromatic nitrogens is 3. The predicted octanol–water partition coefficient (Wildman–Crippen LogP) is 4.09. The largest absolute Gasteiger partial charge is 0.462 e. The molecule has 0 atom stereocenters. The molecule has 0 aliphatic heterocycles. The lowest BCUT2D eigenvalue weighted by atomic mass is 10.0. The fraction of sp³-hybridized carbons (Fsp3) is 0.0952. The summed E-state index contributed by atoms with van der Waals surface area (Å²) >= 11 is 0. The van der Waals surface area contributed by atoms with E-state index in [4.69, 9.17) is 4.74 Å². The van der Waals surface area contributed by atoms with Crippen molar-refractivity contribution < 1.29 is 27.1 Å². The summed E-state index contributed by atoms with van der Waals surface area (Å²) in [6, 6.07) is 5.24. The van der Waals surface area contributed by atoms with Gasteiger partial charge in [0.25, 0.3) is 5.56 Å². The van der Waals surface area contributed by atoms with Crippen molar-refractivity contribution in [3.8, 4) is 22.5 Å². The molecule has 0 bridgehead atoms. The van der Waals surface area contributed by atoms with Crippen LogP contribution in [0.5, 0.6) is 0 Å². The number of H-pyrrole nitrogens is 1. The van der Waals surface area contributed by atoms with Gasteiger partial charge in [0.2, 0.25) is 5.78 Å². The molecule has 10 heteroatoms. The summed E-state index contributed by atoms with van der Waals surface area (Å²) in [7, 11) is 0. The number of esters is 1. The van der Waals surface area contributed by atoms with Crippen LogP contribution in [-0.2, 0) is 4.74 Å². The standard InChI is InChI=1S/C21H13F4N3O3/c1-2-31-20(30)14-9-26-21-27-17(12-5-3-10(22)7-15(12)24)18(28(21)19(14)29)13-6-4-11(23)8-16(13)25/h3-9H,2H2,1H3,(H,26,27). The van der Waals surface area contributed by atoms with Gasteiger partial charge >= 0.3 is 5.97 Å². The first-order valence-electron chi connectivity index (χ1n) is 9.04. The van der Waals surface area contributed by atoms with Gasteiger partial charge < -0.3 is 9.72 Å². The molecule has 0 radical (unpaired) electrons. The molecule has 0 aliphatic rings. The van der Waals surface area contributed by atoms with Crippen LogP contribution >= 0.6 is 0 Å². The molecule has 2 aromatic carbocycles. The molecule has 4 aromatic rings.